The maximum Gasteiger partial charge on any atom is 0.331 e. The molecule has 2 N–H and O–H groups in total. The Kier molecular flexibility index (Phi) is 4.24. The maximum atomic E-state index is 11.9. The van der Waals surface area contributed by atoms with E-state index < -0.39 is 17.1 Å². The van der Waals surface area contributed by atoms with E-state index in [4.69, 9.17) is 4.42 Å². The zero-order valence-corrected chi connectivity index (χ0v) is 12.7. The Bertz CT molecular complexity index is 921. The van der Waals surface area contributed by atoms with E-state index in [1.54, 1.807) is 23.5 Å². The van der Waals surface area contributed by atoms with Gasteiger partial charge in [0.15, 0.2) is 0 Å². The highest BCUT2D eigenvalue weighted by molar-refractivity contribution is 7.09. The normalized spacial score (nSPS) is 11.3. The molecule has 0 bridgehead atoms. The average Bonchev–Trinajstić information content (AvgIpc) is 3.20. The standard InChI is InChI=1S/C15H13N3O4S/c19-13-12(8-16-7-11-4-2-6-23-11)14(20)18(15(21)17-13)9-10-3-1-5-22-10/h1-6,8,20H,7,9H2,(H,17,19,21). The first kappa shape index (κ1) is 15.0. The summed E-state index contributed by atoms with van der Waals surface area (Å²) in [5.74, 6) is 0.0426. The number of rotatable bonds is 5. The molecule has 3 aromatic rings. The molecule has 0 saturated heterocycles. The van der Waals surface area contributed by atoms with Crippen molar-refractivity contribution < 1.29 is 9.52 Å². The second-order valence-electron chi connectivity index (χ2n) is 4.71. The van der Waals surface area contributed by atoms with Gasteiger partial charge >= 0.3 is 5.69 Å². The number of aromatic hydroxyl groups is 1. The summed E-state index contributed by atoms with van der Waals surface area (Å²) in [6.07, 6.45) is 2.73. The largest absolute Gasteiger partial charge is 0.494 e. The van der Waals surface area contributed by atoms with Crippen molar-refractivity contribution in [3.8, 4) is 5.88 Å². The van der Waals surface area contributed by atoms with E-state index in [9.17, 15) is 14.7 Å². The number of nitrogens with zero attached hydrogens (tertiary/aromatic N) is 2. The summed E-state index contributed by atoms with van der Waals surface area (Å²) in [6, 6.07) is 7.17. The molecule has 0 spiro atoms. The van der Waals surface area contributed by atoms with Gasteiger partial charge in [0.2, 0.25) is 5.88 Å². The lowest BCUT2D eigenvalue weighted by Gasteiger charge is -2.07. The van der Waals surface area contributed by atoms with E-state index in [-0.39, 0.29) is 12.1 Å². The van der Waals surface area contributed by atoms with Crippen LogP contribution in [0, 0.1) is 0 Å². The van der Waals surface area contributed by atoms with Crippen LogP contribution in [-0.4, -0.2) is 20.9 Å². The summed E-state index contributed by atoms with van der Waals surface area (Å²) in [7, 11) is 0. The van der Waals surface area contributed by atoms with Crippen molar-refractivity contribution in [2.75, 3.05) is 0 Å². The Balaban J connectivity index is 1.92. The molecule has 7 nitrogen and oxygen atoms in total. The number of aromatic amines is 1. The Morgan fingerprint density at radius 3 is 2.91 bits per heavy atom. The lowest BCUT2D eigenvalue weighted by atomic mass is 10.3. The number of hydrogen-bond donors (Lipinski definition) is 2. The summed E-state index contributed by atoms with van der Waals surface area (Å²) in [5, 5.41) is 12.1. The van der Waals surface area contributed by atoms with Gasteiger partial charge in [-0.2, -0.15) is 0 Å². The predicted molar refractivity (Wildman–Crippen MR) is 86.4 cm³/mol. The van der Waals surface area contributed by atoms with Gasteiger partial charge in [-0.25, -0.2) is 4.79 Å². The number of nitrogens with one attached hydrogen (secondary N) is 1. The molecule has 118 valence electrons. The van der Waals surface area contributed by atoms with Gasteiger partial charge in [-0.05, 0) is 23.6 Å². The molecule has 0 aliphatic carbocycles. The van der Waals surface area contributed by atoms with Crippen LogP contribution in [0.2, 0.25) is 0 Å². The van der Waals surface area contributed by atoms with Gasteiger partial charge in [0.1, 0.15) is 11.3 Å². The van der Waals surface area contributed by atoms with Crippen LogP contribution in [-0.2, 0) is 13.1 Å². The molecule has 0 saturated carbocycles. The highest BCUT2D eigenvalue weighted by Gasteiger charge is 2.13. The van der Waals surface area contributed by atoms with Crippen molar-refractivity contribution in [3.63, 3.8) is 0 Å². The molecule has 0 fully saturated rings. The zero-order valence-electron chi connectivity index (χ0n) is 11.9. The first-order chi connectivity index (χ1) is 11.1. The Labute approximate surface area is 134 Å². The van der Waals surface area contributed by atoms with Crippen LogP contribution in [0.5, 0.6) is 5.88 Å². The molecular formula is C15H13N3O4S. The van der Waals surface area contributed by atoms with Gasteiger partial charge in [-0.3, -0.25) is 19.3 Å². The molecule has 0 aromatic carbocycles. The van der Waals surface area contributed by atoms with Gasteiger partial charge in [0.05, 0.1) is 19.4 Å². The van der Waals surface area contributed by atoms with Crippen LogP contribution in [0.3, 0.4) is 0 Å². The molecule has 0 unspecified atom stereocenters. The molecule has 3 rings (SSSR count). The van der Waals surface area contributed by atoms with E-state index in [0.717, 1.165) is 9.44 Å². The zero-order chi connectivity index (χ0) is 16.2. The maximum absolute atomic E-state index is 11.9. The van der Waals surface area contributed by atoms with Crippen molar-refractivity contribution >= 4 is 17.6 Å². The minimum Gasteiger partial charge on any atom is -0.494 e. The predicted octanol–water partition coefficient (Wildman–Crippen LogP) is 1.56. The van der Waals surface area contributed by atoms with Crippen molar-refractivity contribution in [2.24, 2.45) is 4.99 Å². The van der Waals surface area contributed by atoms with Crippen LogP contribution < -0.4 is 11.2 Å². The van der Waals surface area contributed by atoms with E-state index >= 15 is 0 Å². The highest BCUT2D eigenvalue weighted by Crippen LogP contribution is 2.13. The fourth-order valence-electron chi connectivity index (χ4n) is 2.03. The number of H-pyrrole nitrogens is 1. The molecule has 0 aliphatic heterocycles. The summed E-state index contributed by atoms with van der Waals surface area (Å²) in [6.45, 7) is 0.411. The molecule has 3 heterocycles. The molecule has 3 aromatic heterocycles. The molecule has 0 amide bonds. The lowest BCUT2D eigenvalue weighted by Crippen LogP contribution is -2.32. The number of aromatic nitrogens is 2. The van der Waals surface area contributed by atoms with Crippen molar-refractivity contribution in [2.45, 2.75) is 13.1 Å². The third-order valence-corrected chi connectivity index (χ3v) is 4.01. The third kappa shape index (κ3) is 3.32. The van der Waals surface area contributed by atoms with Crippen molar-refractivity contribution in [3.05, 3.63) is 72.9 Å². The average molecular weight is 331 g/mol. The monoisotopic (exact) mass is 331 g/mol. The number of aliphatic imine (C=N–C) groups is 1. The van der Waals surface area contributed by atoms with Gasteiger partial charge in [-0.15, -0.1) is 11.3 Å². The van der Waals surface area contributed by atoms with E-state index in [1.807, 2.05) is 17.5 Å². The van der Waals surface area contributed by atoms with Crippen LogP contribution in [0.1, 0.15) is 16.2 Å². The number of hydrogen-bond acceptors (Lipinski definition) is 6. The molecule has 0 aliphatic rings. The Morgan fingerprint density at radius 1 is 1.35 bits per heavy atom. The second-order valence-corrected chi connectivity index (χ2v) is 5.74. The van der Waals surface area contributed by atoms with Crippen molar-refractivity contribution in [1.82, 2.24) is 9.55 Å². The van der Waals surface area contributed by atoms with Crippen molar-refractivity contribution in [1.29, 1.82) is 0 Å². The van der Waals surface area contributed by atoms with Gasteiger partial charge in [0, 0.05) is 11.1 Å². The SMILES string of the molecule is O=c1[nH]c(=O)n(Cc2ccco2)c(O)c1C=NCc1cccs1. The second kappa shape index (κ2) is 6.49. The molecule has 8 heteroatoms. The van der Waals surface area contributed by atoms with Gasteiger partial charge in [0.25, 0.3) is 5.56 Å². The Hall–Kier alpha value is -2.87. The number of furan rings is 1. The summed E-state index contributed by atoms with van der Waals surface area (Å²) in [5.41, 5.74) is -1.45. The topological polar surface area (TPSA) is 101 Å². The fraction of sp³-hybridized carbons (Fsp3) is 0.133. The molecule has 0 radical (unpaired) electrons. The summed E-state index contributed by atoms with van der Waals surface area (Å²) < 4.78 is 6.17. The van der Waals surface area contributed by atoms with Crippen LogP contribution in [0.15, 0.2) is 54.9 Å². The third-order valence-electron chi connectivity index (χ3n) is 3.15. The first-order valence-electron chi connectivity index (χ1n) is 6.76. The molecule has 23 heavy (non-hydrogen) atoms. The van der Waals surface area contributed by atoms with E-state index in [1.165, 1.54) is 12.5 Å². The van der Waals surface area contributed by atoms with Crippen LogP contribution in [0.25, 0.3) is 0 Å². The first-order valence-corrected chi connectivity index (χ1v) is 7.64. The van der Waals surface area contributed by atoms with Gasteiger partial charge < -0.3 is 9.52 Å². The van der Waals surface area contributed by atoms with E-state index in [0.29, 0.717) is 12.3 Å². The van der Waals surface area contributed by atoms with Gasteiger partial charge in [-0.1, -0.05) is 6.07 Å². The van der Waals surface area contributed by atoms with Crippen LogP contribution >= 0.6 is 11.3 Å². The minimum absolute atomic E-state index is 0.0141. The number of thiophene rings is 1. The molecular weight excluding hydrogens is 318 g/mol. The smallest absolute Gasteiger partial charge is 0.331 e. The molecule has 0 atom stereocenters. The quantitative estimate of drug-likeness (QED) is 0.693. The Morgan fingerprint density at radius 2 is 2.22 bits per heavy atom. The van der Waals surface area contributed by atoms with Crippen LogP contribution in [0.4, 0.5) is 0 Å². The van der Waals surface area contributed by atoms with E-state index in [2.05, 4.69) is 9.98 Å². The summed E-state index contributed by atoms with van der Waals surface area (Å²) in [4.78, 5) is 31.1. The fourth-order valence-corrected chi connectivity index (χ4v) is 2.66. The highest BCUT2D eigenvalue weighted by atomic mass is 32.1. The lowest BCUT2D eigenvalue weighted by molar-refractivity contribution is 0.392. The summed E-state index contributed by atoms with van der Waals surface area (Å²) >= 11 is 1.55. The minimum atomic E-state index is -0.709.